The molecule has 0 saturated carbocycles. The van der Waals surface area contributed by atoms with E-state index in [2.05, 4.69) is 0 Å². The molecule has 0 aliphatic carbocycles. The van der Waals surface area contributed by atoms with Gasteiger partial charge in [0.2, 0.25) is 0 Å². The third-order valence-electron chi connectivity index (χ3n) is 5.52. The van der Waals surface area contributed by atoms with Gasteiger partial charge in [0.05, 0.1) is 17.7 Å². The molecule has 0 bridgehead atoms. The molecular formula is C24H26N2O4. The lowest BCUT2D eigenvalue weighted by molar-refractivity contribution is -0.0391. The second-order valence-corrected chi connectivity index (χ2v) is 8.36. The monoisotopic (exact) mass is 406 g/mol. The van der Waals surface area contributed by atoms with Crippen LogP contribution in [0.5, 0.6) is 0 Å². The van der Waals surface area contributed by atoms with E-state index in [4.69, 9.17) is 4.42 Å². The summed E-state index contributed by atoms with van der Waals surface area (Å²) in [5.74, 6) is -0.140. The summed E-state index contributed by atoms with van der Waals surface area (Å²) in [7, 11) is 3.83. The molecule has 2 heterocycles. The van der Waals surface area contributed by atoms with E-state index in [0.29, 0.717) is 48.3 Å². The topological polar surface area (TPSA) is 74.0 Å². The minimum atomic E-state index is -0.908. The van der Waals surface area contributed by atoms with Crippen LogP contribution in [-0.2, 0) is 0 Å². The first-order valence-corrected chi connectivity index (χ1v) is 10.1. The Bertz CT molecular complexity index is 1140. The molecule has 1 N–H and O–H groups in total. The molecule has 156 valence electrons. The maximum Gasteiger partial charge on any atom is 0.344 e. The Balaban J connectivity index is 1.63. The van der Waals surface area contributed by atoms with E-state index in [1.54, 1.807) is 41.3 Å². The third kappa shape index (κ3) is 4.15. The molecule has 0 radical (unpaired) electrons. The Hall–Kier alpha value is -2.96. The highest BCUT2D eigenvalue weighted by molar-refractivity contribution is 5.96. The molecule has 3 aromatic rings. The van der Waals surface area contributed by atoms with Crippen molar-refractivity contribution in [3.8, 4) is 11.1 Å². The standard InChI is InChI=1S/C24H26N2O4/c1-25(2)15-24(29)11-6-12-26(16-24)22(27)19-9-5-8-17(13-19)20-14-18-7-3-4-10-21(18)30-23(20)28/h3-5,7-10,13-14,29H,6,11-12,15-16H2,1-2H3. The van der Waals surface area contributed by atoms with Gasteiger partial charge in [-0.2, -0.15) is 0 Å². The number of hydrogen-bond donors (Lipinski definition) is 1. The quantitative estimate of drug-likeness (QED) is 0.675. The Morgan fingerprint density at radius 3 is 2.77 bits per heavy atom. The van der Waals surface area contributed by atoms with Crippen LogP contribution in [0, 0.1) is 0 Å². The zero-order chi connectivity index (χ0) is 21.3. The van der Waals surface area contributed by atoms with Crippen molar-refractivity contribution in [2.75, 3.05) is 33.7 Å². The van der Waals surface area contributed by atoms with Crippen LogP contribution < -0.4 is 5.63 Å². The van der Waals surface area contributed by atoms with Gasteiger partial charge in [0.15, 0.2) is 0 Å². The minimum absolute atomic E-state index is 0.140. The number of aliphatic hydroxyl groups is 1. The smallest absolute Gasteiger partial charge is 0.344 e. The molecular weight excluding hydrogens is 380 g/mol. The zero-order valence-electron chi connectivity index (χ0n) is 17.3. The largest absolute Gasteiger partial charge is 0.422 e. The first-order chi connectivity index (χ1) is 14.3. The molecule has 6 heteroatoms. The number of benzene rings is 2. The number of likely N-dealkylation sites (N-methyl/N-ethyl adjacent to an activating group) is 1. The van der Waals surface area contributed by atoms with E-state index in [1.807, 2.05) is 37.2 Å². The normalized spacial score (nSPS) is 19.4. The average Bonchev–Trinajstić information content (AvgIpc) is 2.72. The fourth-order valence-electron chi connectivity index (χ4n) is 4.27. The second kappa shape index (κ2) is 8.05. The number of carbonyl (C=O) groups is 1. The maximum atomic E-state index is 13.2. The van der Waals surface area contributed by atoms with Crippen molar-refractivity contribution < 1.29 is 14.3 Å². The summed E-state index contributed by atoms with van der Waals surface area (Å²) in [6, 6.07) is 16.2. The summed E-state index contributed by atoms with van der Waals surface area (Å²) >= 11 is 0. The minimum Gasteiger partial charge on any atom is -0.422 e. The van der Waals surface area contributed by atoms with Gasteiger partial charge in [-0.15, -0.1) is 0 Å². The van der Waals surface area contributed by atoms with E-state index >= 15 is 0 Å². The molecule has 30 heavy (non-hydrogen) atoms. The summed E-state index contributed by atoms with van der Waals surface area (Å²) in [5.41, 5.74) is 0.749. The van der Waals surface area contributed by atoms with Crippen LogP contribution in [0.25, 0.3) is 22.1 Å². The second-order valence-electron chi connectivity index (χ2n) is 8.36. The third-order valence-corrected chi connectivity index (χ3v) is 5.52. The van der Waals surface area contributed by atoms with E-state index in [9.17, 15) is 14.7 Å². The molecule has 0 spiro atoms. The number of rotatable bonds is 4. The van der Waals surface area contributed by atoms with Gasteiger partial charge in [-0.25, -0.2) is 4.79 Å². The fraction of sp³-hybridized carbons (Fsp3) is 0.333. The van der Waals surface area contributed by atoms with Crippen LogP contribution in [0.2, 0.25) is 0 Å². The van der Waals surface area contributed by atoms with E-state index in [1.165, 1.54) is 0 Å². The number of nitrogens with zero attached hydrogens (tertiary/aromatic N) is 2. The van der Waals surface area contributed by atoms with Gasteiger partial charge in [-0.1, -0.05) is 30.3 Å². The van der Waals surface area contributed by atoms with Gasteiger partial charge in [0.1, 0.15) is 5.58 Å². The lowest BCUT2D eigenvalue weighted by atomic mass is 9.91. The number of hydrogen-bond acceptors (Lipinski definition) is 5. The van der Waals surface area contributed by atoms with Crippen LogP contribution >= 0.6 is 0 Å². The number of likely N-dealkylation sites (tertiary alicyclic amines) is 1. The Kier molecular flexibility index (Phi) is 5.45. The first-order valence-electron chi connectivity index (χ1n) is 10.1. The van der Waals surface area contributed by atoms with E-state index in [0.717, 1.165) is 11.8 Å². The molecule has 1 atom stereocenters. The van der Waals surface area contributed by atoms with Crippen molar-refractivity contribution in [2.24, 2.45) is 0 Å². The molecule has 1 aliphatic rings. The number of β-amino-alcohol motifs (C(OH)–C–C–N with tert-alkyl or cyclic N) is 1. The summed E-state index contributed by atoms with van der Waals surface area (Å²) in [4.78, 5) is 29.3. The van der Waals surface area contributed by atoms with Gasteiger partial charge in [-0.3, -0.25) is 4.79 Å². The zero-order valence-corrected chi connectivity index (χ0v) is 17.3. The van der Waals surface area contributed by atoms with Crippen molar-refractivity contribution in [3.63, 3.8) is 0 Å². The van der Waals surface area contributed by atoms with Crippen molar-refractivity contribution in [1.29, 1.82) is 0 Å². The number of fused-ring (bicyclic) bond motifs is 1. The first kappa shape index (κ1) is 20.3. The SMILES string of the molecule is CN(C)CC1(O)CCCN(C(=O)c2cccc(-c3cc4ccccc4oc3=O)c2)C1. The Morgan fingerprint density at radius 2 is 1.97 bits per heavy atom. The highest BCUT2D eigenvalue weighted by Gasteiger charge is 2.35. The predicted octanol–water partition coefficient (Wildman–Crippen LogP) is 2.99. The van der Waals surface area contributed by atoms with Gasteiger partial charge in [0.25, 0.3) is 5.91 Å². The lowest BCUT2D eigenvalue weighted by Crippen LogP contribution is -2.54. The van der Waals surface area contributed by atoms with Crippen molar-refractivity contribution in [3.05, 3.63) is 70.6 Å². The summed E-state index contributed by atoms with van der Waals surface area (Å²) in [5, 5.41) is 11.7. The average molecular weight is 406 g/mol. The van der Waals surface area contributed by atoms with Gasteiger partial charge in [0, 0.05) is 24.0 Å². The van der Waals surface area contributed by atoms with Crippen LogP contribution in [0.3, 0.4) is 0 Å². The molecule has 1 fully saturated rings. The van der Waals surface area contributed by atoms with Gasteiger partial charge >= 0.3 is 5.63 Å². The fourth-order valence-corrected chi connectivity index (χ4v) is 4.27. The van der Waals surface area contributed by atoms with Crippen molar-refractivity contribution >= 4 is 16.9 Å². The highest BCUT2D eigenvalue weighted by atomic mass is 16.4. The molecule has 1 amide bonds. The molecule has 1 saturated heterocycles. The highest BCUT2D eigenvalue weighted by Crippen LogP contribution is 2.26. The summed E-state index contributed by atoms with van der Waals surface area (Å²) in [6.07, 6.45) is 1.43. The lowest BCUT2D eigenvalue weighted by Gasteiger charge is -2.40. The molecule has 6 nitrogen and oxygen atoms in total. The van der Waals surface area contributed by atoms with Gasteiger partial charge in [-0.05, 0) is 56.8 Å². The molecule has 1 aromatic heterocycles. The van der Waals surface area contributed by atoms with Gasteiger partial charge < -0.3 is 19.3 Å². The Morgan fingerprint density at radius 1 is 1.17 bits per heavy atom. The predicted molar refractivity (Wildman–Crippen MR) is 117 cm³/mol. The molecule has 2 aromatic carbocycles. The van der Waals surface area contributed by atoms with E-state index < -0.39 is 11.2 Å². The van der Waals surface area contributed by atoms with Crippen molar-refractivity contribution in [2.45, 2.75) is 18.4 Å². The van der Waals surface area contributed by atoms with Crippen LogP contribution in [0.15, 0.2) is 63.8 Å². The van der Waals surface area contributed by atoms with Crippen LogP contribution in [0.1, 0.15) is 23.2 Å². The number of piperidine rings is 1. The molecule has 1 aliphatic heterocycles. The Labute approximate surface area is 175 Å². The summed E-state index contributed by atoms with van der Waals surface area (Å²) < 4.78 is 5.44. The molecule has 4 rings (SSSR count). The number of amides is 1. The van der Waals surface area contributed by atoms with Crippen LogP contribution in [0.4, 0.5) is 0 Å². The summed E-state index contributed by atoms with van der Waals surface area (Å²) in [6.45, 7) is 1.41. The maximum absolute atomic E-state index is 13.2. The number of carbonyl (C=O) groups excluding carboxylic acids is 1. The van der Waals surface area contributed by atoms with Crippen molar-refractivity contribution in [1.82, 2.24) is 9.80 Å². The van der Waals surface area contributed by atoms with Crippen LogP contribution in [-0.4, -0.2) is 60.1 Å². The van der Waals surface area contributed by atoms with E-state index in [-0.39, 0.29) is 5.91 Å². The number of para-hydroxylation sites is 1. The molecule has 1 unspecified atom stereocenters.